The highest BCUT2D eigenvalue weighted by molar-refractivity contribution is 5.86. The summed E-state index contributed by atoms with van der Waals surface area (Å²) in [5.41, 5.74) is 0.408. The minimum absolute atomic E-state index is 0. The first-order valence-electron chi connectivity index (χ1n) is 16.0. The third-order valence-corrected chi connectivity index (χ3v) is 7.05. The molecule has 294 valence electrons. The van der Waals surface area contributed by atoms with Gasteiger partial charge in [-0.25, -0.2) is 0 Å². The van der Waals surface area contributed by atoms with Crippen LogP contribution in [-0.4, -0.2) is 37.8 Å². The third-order valence-electron chi connectivity index (χ3n) is 7.05. The first-order chi connectivity index (χ1) is 22.3. The largest absolute Gasteiger partial charge is 0.416 e. The van der Waals surface area contributed by atoms with Crippen molar-refractivity contribution >= 4 is 37.2 Å². The summed E-state index contributed by atoms with van der Waals surface area (Å²) < 4.78 is 112. The molecule has 0 aliphatic rings. The molecule has 0 saturated carbocycles. The Kier molecular flexibility index (Phi) is 26.8. The molecule has 3 atom stereocenters. The van der Waals surface area contributed by atoms with Crippen molar-refractivity contribution in [3.63, 3.8) is 0 Å². The van der Waals surface area contributed by atoms with Crippen LogP contribution in [0.15, 0.2) is 72.8 Å². The van der Waals surface area contributed by atoms with Crippen molar-refractivity contribution in [2.75, 3.05) is 19.6 Å². The predicted octanol–water partition coefficient (Wildman–Crippen LogP) is 11.0. The molecule has 3 N–H and O–H groups in total. The van der Waals surface area contributed by atoms with E-state index in [2.05, 4.69) is 16.0 Å². The molecule has 0 saturated heterocycles. The van der Waals surface area contributed by atoms with Crippen LogP contribution in [-0.2, 0) is 37.8 Å². The highest BCUT2D eigenvalue weighted by Crippen LogP contribution is 2.31. The average molecular weight is 803 g/mol. The van der Waals surface area contributed by atoms with Gasteiger partial charge in [0, 0.05) is 18.1 Å². The number of hydrogen-bond donors (Lipinski definition) is 3. The zero-order valence-corrected chi connectivity index (χ0v) is 32.0. The van der Waals surface area contributed by atoms with Gasteiger partial charge in [0.25, 0.3) is 0 Å². The van der Waals surface area contributed by atoms with Crippen LogP contribution in [0.5, 0.6) is 0 Å². The fraction of sp³-hybridized carbons (Fsp3) is 0.500. The van der Waals surface area contributed by atoms with Crippen LogP contribution in [0.4, 0.5) is 39.5 Å². The molecule has 0 bridgehead atoms. The maximum atomic E-state index is 12.4. The summed E-state index contributed by atoms with van der Waals surface area (Å²) in [6.45, 7) is 14.3. The molecule has 3 aromatic carbocycles. The van der Waals surface area contributed by atoms with Crippen LogP contribution < -0.4 is 16.0 Å². The van der Waals surface area contributed by atoms with Gasteiger partial charge < -0.3 is 16.0 Å². The second-order valence-corrected chi connectivity index (χ2v) is 11.6. The minimum atomic E-state index is -4.25. The lowest BCUT2D eigenvalue weighted by molar-refractivity contribution is -0.138. The van der Waals surface area contributed by atoms with Crippen LogP contribution in [0.2, 0.25) is 0 Å². The maximum Gasteiger partial charge on any atom is 0.416 e. The number of nitrogens with one attached hydrogen (secondary N) is 3. The van der Waals surface area contributed by atoms with E-state index in [9.17, 15) is 39.5 Å². The number of rotatable bonds is 12. The van der Waals surface area contributed by atoms with E-state index < -0.39 is 35.2 Å². The molecule has 3 unspecified atom stereocenters. The topological polar surface area (TPSA) is 36.1 Å². The molecule has 51 heavy (non-hydrogen) atoms. The number of halogens is 12. The Morgan fingerprint density at radius 2 is 0.647 bits per heavy atom. The molecule has 0 radical (unpaired) electrons. The summed E-state index contributed by atoms with van der Waals surface area (Å²) in [5, 5.41) is 9.51. The van der Waals surface area contributed by atoms with Crippen LogP contribution in [0.3, 0.4) is 0 Å². The second kappa shape index (κ2) is 25.7. The normalized spacial score (nSPS) is 13.0. The fourth-order valence-electron chi connectivity index (χ4n) is 4.95. The Hall–Kier alpha value is -2.22. The zero-order chi connectivity index (χ0) is 36.5. The summed E-state index contributed by atoms with van der Waals surface area (Å²) in [6, 6.07) is 17.1. The van der Waals surface area contributed by atoms with Gasteiger partial charge in [-0.3, -0.25) is 0 Å². The molecule has 0 spiro atoms. The third kappa shape index (κ3) is 22.5. The molecule has 15 heteroatoms. The molecule has 3 nitrogen and oxygen atoms in total. The standard InChI is InChI=1S/3C12H16F3N.3ClH/c3*1-3-16-9(2)7-10-5-4-6-11(8-10)12(13,14)15;;;/h3*4-6,8-9,16H,3,7H2,1-2H3;3*1H. The van der Waals surface area contributed by atoms with Gasteiger partial charge >= 0.3 is 18.5 Å². The van der Waals surface area contributed by atoms with E-state index in [1.165, 1.54) is 36.4 Å². The van der Waals surface area contributed by atoms with Gasteiger partial charge in [0.2, 0.25) is 0 Å². The SMILES string of the molecule is CCNC(C)Cc1cccc(C(F)(F)F)c1.CCNC(C)Cc1cccc(C(F)(F)F)c1.CCNC(C)Cc1cccc(C(F)(F)F)c1.Cl.Cl.Cl. The van der Waals surface area contributed by atoms with E-state index in [-0.39, 0.29) is 55.3 Å². The quantitative estimate of drug-likeness (QED) is 0.160. The molecule has 0 amide bonds. The van der Waals surface area contributed by atoms with Gasteiger partial charge in [0.15, 0.2) is 0 Å². The monoisotopic (exact) mass is 801 g/mol. The van der Waals surface area contributed by atoms with Gasteiger partial charge in [-0.05, 0) is 94.6 Å². The number of likely N-dealkylation sites (N-methyl/N-ethyl adjacent to an activating group) is 3. The zero-order valence-electron chi connectivity index (χ0n) is 29.5. The lowest BCUT2D eigenvalue weighted by Crippen LogP contribution is -2.27. The molecule has 0 aromatic heterocycles. The Labute approximate surface area is 315 Å². The Bertz CT molecular complexity index is 1180. The van der Waals surface area contributed by atoms with Crippen molar-refractivity contribution in [2.24, 2.45) is 0 Å². The summed E-state index contributed by atoms with van der Waals surface area (Å²) in [7, 11) is 0. The van der Waals surface area contributed by atoms with Gasteiger partial charge in [0.1, 0.15) is 0 Å². The number of hydrogen-bond acceptors (Lipinski definition) is 3. The molecular formula is C36H51Cl3F9N3. The molecule has 0 aliphatic carbocycles. The second-order valence-electron chi connectivity index (χ2n) is 11.6. The van der Waals surface area contributed by atoms with Gasteiger partial charge in [0.05, 0.1) is 16.7 Å². The highest BCUT2D eigenvalue weighted by atomic mass is 35.5. The molecule has 0 aliphatic heterocycles. The number of alkyl halides is 9. The van der Waals surface area contributed by atoms with Crippen molar-refractivity contribution < 1.29 is 39.5 Å². The Morgan fingerprint density at radius 1 is 0.431 bits per heavy atom. The molecule has 3 aromatic rings. The molecule has 0 fully saturated rings. The van der Waals surface area contributed by atoms with Gasteiger partial charge in [-0.15, -0.1) is 37.2 Å². The van der Waals surface area contributed by atoms with Crippen LogP contribution in [0.1, 0.15) is 74.9 Å². The van der Waals surface area contributed by atoms with E-state index >= 15 is 0 Å². The smallest absolute Gasteiger partial charge is 0.314 e. The number of benzene rings is 3. The van der Waals surface area contributed by atoms with E-state index in [0.717, 1.165) is 37.8 Å². The molecule has 3 rings (SSSR count). The highest BCUT2D eigenvalue weighted by Gasteiger charge is 2.32. The summed E-state index contributed by atoms with van der Waals surface area (Å²) in [4.78, 5) is 0. The van der Waals surface area contributed by atoms with Crippen molar-refractivity contribution in [1.82, 2.24) is 16.0 Å². The summed E-state index contributed by atoms with van der Waals surface area (Å²) in [6.07, 6.45) is -10.9. The van der Waals surface area contributed by atoms with E-state index in [0.29, 0.717) is 36.0 Å². The first-order valence-corrected chi connectivity index (χ1v) is 16.0. The van der Waals surface area contributed by atoms with E-state index in [1.807, 2.05) is 41.5 Å². The Balaban J connectivity index is -0.000000658. The first kappa shape index (κ1) is 53.1. The Morgan fingerprint density at radius 3 is 0.824 bits per heavy atom. The van der Waals surface area contributed by atoms with E-state index in [4.69, 9.17) is 0 Å². The van der Waals surface area contributed by atoms with Crippen LogP contribution in [0, 0.1) is 0 Å². The van der Waals surface area contributed by atoms with Gasteiger partial charge in [-0.2, -0.15) is 39.5 Å². The minimum Gasteiger partial charge on any atom is -0.314 e. The van der Waals surface area contributed by atoms with Crippen molar-refractivity contribution in [3.8, 4) is 0 Å². The molecular weight excluding hydrogens is 752 g/mol. The predicted molar refractivity (Wildman–Crippen MR) is 197 cm³/mol. The lowest BCUT2D eigenvalue weighted by Gasteiger charge is -2.13. The van der Waals surface area contributed by atoms with Crippen molar-refractivity contribution in [3.05, 3.63) is 106 Å². The van der Waals surface area contributed by atoms with Gasteiger partial charge in [-0.1, -0.05) is 75.4 Å². The summed E-state index contributed by atoms with van der Waals surface area (Å²) in [5.74, 6) is 0. The lowest BCUT2D eigenvalue weighted by atomic mass is 10.0. The van der Waals surface area contributed by atoms with E-state index in [1.54, 1.807) is 18.2 Å². The van der Waals surface area contributed by atoms with Crippen LogP contribution >= 0.6 is 37.2 Å². The average Bonchev–Trinajstić information content (AvgIpc) is 2.97. The van der Waals surface area contributed by atoms with Crippen LogP contribution in [0.25, 0.3) is 0 Å². The van der Waals surface area contributed by atoms with Crippen molar-refractivity contribution in [2.45, 2.75) is 97.5 Å². The molecule has 0 heterocycles. The maximum absolute atomic E-state index is 12.4. The summed E-state index contributed by atoms with van der Waals surface area (Å²) >= 11 is 0. The van der Waals surface area contributed by atoms with Crippen molar-refractivity contribution in [1.29, 1.82) is 0 Å². The fourth-order valence-corrected chi connectivity index (χ4v) is 4.95.